The maximum Gasteiger partial charge on any atom is 0.405 e. The smallest absolute Gasteiger partial charge is 0.375 e. The van der Waals surface area contributed by atoms with E-state index in [1.807, 2.05) is 26.2 Å². The normalized spacial score (nSPS) is 12.3. The van der Waals surface area contributed by atoms with Crippen LogP contribution in [0.1, 0.15) is 36.8 Å². The van der Waals surface area contributed by atoms with Crippen molar-refractivity contribution in [3.05, 3.63) is 28.4 Å². The number of alkyl halides is 3. The van der Waals surface area contributed by atoms with E-state index in [1.165, 1.54) is 6.07 Å². The summed E-state index contributed by atoms with van der Waals surface area (Å²) in [5, 5.41) is 2.97. The van der Waals surface area contributed by atoms with Crippen LogP contribution in [-0.4, -0.2) is 31.5 Å². The molecule has 0 saturated heterocycles. The molecule has 0 fully saturated rings. The van der Waals surface area contributed by atoms with Crippen molar-refractivity contribution >= 4 is 47.4 Å². The summed E-state index contributed by atoms with van der Waals surface area (Å²) in [7, 11) is 1.71. The molecule has 0 bridgehead atoms. The lowest BCUT2D eigenvalue weighted by Crippen LogP contribution is -2.32. The largest absolute Gasteiger partial charge is 0.405 e. The summed E-state index contributed by atoms with van der Waals surface area (Å²) in [4.78, 5) is 16.2. The van der Waals surface area contributed by atoms with E-state index in [0.29, 0.717) is 21.9 Å². The molecule has 1 aromatic carbocycles. The van der Waals surface area contributed by atoms with Gasteiger partial charge in [0.05, 0.1) is 16.2 Å². The minimum absolute atomic E-state index is 0.107. The number of nitrogens with zero attached hydrogens (tertiary/aromatic N) is 1. The zero-order chi connectivity index (χ0) is 19.9. The Balaban J connectivity index is 2.78. The van der Waals surface area contributed by atoms with Crippen molar-refractivity contribution in [2.45, 2.75) is 32.4 Å². The Kier molecular flexibility index (Phi) is 5.44. The number of nitrogens with one attached hydrogen (secondary N) is 2. The van der Waals surface area contributed by atoms with Crippen molar-refractivity contribution in [3.63, 3.8) is 0 Å². The minimum atomic E-state index is -4.38. The number of halogens is 4. The van der Waals surface area contributed by atoms with Gasteiger partial charge in [-0.15, -0.1) is 0 Å². The van der Waals surface area contributed by atoms with Crippen LogP contribution in [0.2, 0.25) is 5.02 Å². The van der Waals surface area contributed by atoms with Gasteiger partial charge < -0.3 is 5.32 Å². The van der Waals surface area contributed by atoms with Crippen molar-refractivity contribution in [2.24, 2.45) is 5.84 Å². The number of amides is 1. The molecule has 10 heteroatoms. The van der Waals surface area contributed by atoms with E-state index in [4.69, 9.17) is 17.4 Å². The minimum Gasteiger partial charge on any atom is -0.375 e. The Bertz CT molecular complexity index is 865. The predicted octanol–water partition coefficient (Wildman–Crippen LogP) is 2.02. The van der Waals surface area contributed by atoms with E-state index in [1.54, 1.807) is 13.9 Å². The highest BCUT2D eigenvalue weighted by Crippen LogP contribution is 2.37. The van der Waals surface area contributed by atoms with Gasteiger partial charge in [0.15, 0.2) is 0 Å². The van der Waals surface area contributed by atoms with Gasteiger partial charge in [-0.25, -0.2) is 10.8 Å². The van der Waals surface area contributed by atoms with Crippen molar-refractivity contribution in [3.8, 4) is 0 Å². The van der Waals surface area contributed by atoms with Gasteiger partial charge in [0.1, 0.15) is 20.1 Å². The summed E-state index contributed by atoms with van der Waals surface area (Å²) >= 11 is 6.37. The molecule has 1 amide bonds. The standard InChI is InChI=1S/C16H19BClF3N4O/c1-15(2,3)7-4-9(23-6-16(19,20)21)12(18)11-8(17)5-10(14(26)25-22)24-13(7)11/h4-5,23H,6,17,22H2,1-3H3,(H,25,26). The van der Waals surface area contributed by atoms with Gasteiger partial charge in [-0.1, -0.05) is 37.8 Å². The molecule has 4 N–H and O–H groups in total. The molecule has 2 aromatic rings. The number of nitrogens with two attached hydrogens (primary N) is 1. The fourth-order valence-corrected chi connectivity index (χ4v) is 3.00. The zero-order valence-electron chi connectivity index (χ0n) is 14.8. The first-order valence-corrected chi connectivity index (χ1v) is 8.19. The summed E-state index contributed by atoms with van der Waals surface area (Å²) in [6, 6.07) is 3.05. The van der Waals surface area contributed by atoms with E-state index in [-0.39, 0.29) is 16.4 Å². The first-order chi connectivity index (χ1) is 11.8. The van der Waals surface area contributed by atoms with Crippen LogP contribution in [0.4, 0.5) is 18.9 Å². The van der Waals surface area contributed by atoms with Gasteiger partial charge in [0, 0.05) is 5.39 Å². The number of benzene rings is 1. The highest BCUT2D eigenvalue weighted by molar-refractivity contribution is 6.46. The van der Waals surface area contributed by atoms with E-state index in [0.717, 1.165) is 0 Å². The van der Waals surface area contributed by atoms with Crippen LogP contribution in [-0.2, 0) is 5.41 Å². The average molecular weight is 387 g/mol. The molecule has 1 aromatic heterocycles. The second-order valence-corrected chi connectivity index (χ2v) is 7.40. The molecule has 26 heavy (non-hydrogen) atoms. The molecular formula is C16H19BClF3N4O. The van der Waals surface area contributed by atoms with Crippen LogP contribution in [0.25, 0.3) is 10.9 Å². The maximum absolute atomic E-state index is 12.6. The number of anilines is 1. The molecule has 0 aliphatic rings. The molecule has 2 rings (SSSR count). The number of nitrogen functional groups attached to an aromatic ring is 1. The lowest BCUT2D eigenvalue weighted by molar-refractivity contribution is -0.115. The Morgan fingerprint density at radius 2 is 1.92 bits per heavy atom. The summed E-state index contributed by atoms with van der Waals surface area (Å²) in [6.07, 6.45) is -4.38. The van der Waals surface area contributed by atoms with Gasteiger partial charge in [-0.3, -0.25) is 10.2 Å². The van der Waals surface area contributed by atoms with Crippen LogP contribution in [0.15, 0.2) is 12.1 Å². The van der Waals surface area contributed by atoms with Crippen molar-refractivity contribution in [2.75, 3.05) is 11.9 Å². The van der Waals surface area contributed by atoms with Gasteiger partial charge >= 0.3 is 6.18 Å². The van der Waals surface area contributed by atoms with Gasteiger partial charge in [-0.2, -0.15) is 13.2 Å². The Labute approximate surface area is 154 Å². The molecule has 0 atom stereocenters. The summed E-state index contributed by atoms with van der Waals surface area (Å²) in [6.45, 7) is 4.49. The molecule has 0 aliphatic carbocycles. The van der Waals surface area contributed by atoms with E-state index < -0.39 is 24.0 Å². The first kappa shape index (κ1) is 20.3. The first-order valence-electron chi connectivity index (χ1n) is 7.81. The number of hydrogen-bond donors (Lipinski definition) is 3. The molecule has 0 aliphatic heterocycles. The summed E-state index contributed by atoms with van der Waals surface area (Å²) < 4.78 is 37.8. The molecule has 1 heterocycles. The molecule has 0 radical (unpaired) electrons. The van der Waals surface area contributed by atoms with Crippen LogP contribution in [0, 0.1) is 0 Å². The van der Waals surface area contributed by atoms with Gasteiger partial charge in [-0.05, 0) is 23.1 Å². The van der Waals surface area contributed by atoms with Gasteiger partial charge in [0.2, 0.25) is 0 Å². The third-order valence-electron chi connectivity index (χ3n) is 3.87. The van der Waals surface area contributed by atoms with E-state index in [9.17, 15) is 18.0 Å². The number of carbonyl (C=O) groups excluding carboxylic acids is 1. The Morgan fingerprint density at radius 1 is 1.31 bits per heavy atom. The summed E-state index contributed by atoms with van der Waals surface area (Å²) in [5.74, 6) is 4.61. The number of fused-ring (bicyclic) bond motifs is 1. The molecule has 5 nitrogen and oxygen atoms in total. The highest BCUT2D eigenvalue weighted by Gasteiger charge is 2.29. The van der Waals surface area contributed by atoms with Gasteiger partial charge in [0.25, 0.3) is 5.91 Å². The summed E-state index contributed by atoms with van der Waals surface area (Å²) in [5.41, 5.74) is 3.58. The number of aromatic nitrogens is 1. The SMILES string of the molecule is Bc1cc(C(=O)NN)nc2c(C(C)(C)C)cc(NCC(F)(F)F)c(Cl)c12. The van der Waals surface area contributed by atoms with Crippen molar-refractivity contribution < 1.29 is 18.0 Å². The quantitative estimate of drug-likeness (QED) is 0.326. The lowest BCUT2D eigenvalue weighted by Gasteiger charge is -2.24. The number of hydrazine groups is 1. The highest BCUT2D eigenvalue weighted by atomic mass is 35.5. The number of carbonyl (C=O) groups is 1. The second kappa shape index (κ2) is 6.96. The number of rotatable bonds is 3. The topological polar surface area (TPSA) is 80.0 Å². The Hall–Kier alpha value is -2.00. The van der Waals surface area contributed by atoms with Crippen LogP contribution >= 0.6 is 11.6 Å². The molecule has 0 unspecified atom stereocenters. The van der Waals surface area contributed by atoms with Crippen molar-refractivity contribution in [1.29, 1.82) is 0 Å². The third kappa shape index (κ3) is 4.21. The maximum atomic E-state index is 12.6. The number of hydrogen-bond acceptors (Lipinski definition) is 4. The van der Waals surface area contributed by atoms with E-state index >= 15 is 0 Å². The van der Waals surface area contributed by atoms with E-state index in [2.05, 4.69) is 10.3 Å². The zero-order valence-corrected chi connectivity index (χ0v) is 15.6. The second-order valence-electron chi connectivity index (χ2n) is 7.03. The van der Waals surface area contributed by atoms with Crippen LogP contribution in [0.5, 0.6) is 0 Å². The third-order valence-corrected chi connectivity index (χ3v) is 4.26. The average Bonchev–Trinajstić information content (AvgIpc) is 2.50. The monoisotopic (exact) mass is 386 g/mol. The predicted molar refractivity (Wildman–Crippen MR) is 99.8 cm³/mol. The molecular weight excluding hydrogens is 367 g/mol. The fourth-order valence-electron chi connectivity index (χ4n) is 2.64. The molecule has 0 saturated carbocycles. The lowest BCUT2D eigenvalue weighted by atomic mass is 9.82. The van der Waals surface area contributed by atoms with Crippen LogP contribution in [0.3, 0.4) is 0 Å². The Morgan fingerprint density at radius 3 is 2.42 bits per heavy atom. The van der Waals surface area contributed by atoms with Crippen molar-refractivity contribution in [1.82, 2.24) is 10.4 Å². The van der Waals surface area contributed by atoms with Crippen LogP contribution < -0.4 is 22.0 Å². The number of pyridine rings is 1. The fraction of sp³-hybridized carbons (Fsp3) is 0.375. The molecule has 140 valence electrons. The molecule has 0 spiro atoms.